The van der Waals surface area contributed by atoms with Gasteiger partial charge in [-0.2, -0.15) is 0 Å². The maximum absolute atomic E-state index is 13.4. The second-order valence-electron chi connectivity index (χ2n) is 6.62. The highest BCUT2D eigenvalue weighted by molar-refractivity contribution is 6.01. The highest BCUT2D eigenvalue weighted by Gasteiger charge is 2.22. The number of benzene rings is 1. The summed E-state index contributed by atoms with van der Waals surface area (Å²) in [5.41, 5.74) is 5.46. The number of hydrogen-bond donors (Lipinski definition) is 4. The van der Waals surface area contributed by atoms with Crippen LogP contribution in [0.4, 0.5) is 4.39 Å². The molecule has 0 spiro atoms. The predicted octanol–water partition coefficient (Wildman–Crippen LogP) is 0.190. The van der Waals surface area contributed by atoms with E-state index in [1.165, 1.54) is 29.9 Å². The van der Waals surface area contributed by atoms with Gasteiger partial charge in [-0.1, -0.05) is 6.07 Å². The molecule has 0 aliphatic rings. The summed E-state index contributed by atoms with van der Waals surface area (Å²) in [5.74, 6) is -2.77. The van der Waals surface area contributed by atoms with Crippen molar-refractivity contribution in [1.29, 1.82) is 0 Å². The van der Waals surface area contributed by atoms with Crippen molar-refractivity contribution < 1.29 is 24.2 Å². The number of carbonyl (C=O) groups excluding carboxylic acids is 2. The van der Waals surface area contributed by atoms with Crippen LogP contribution in [0, 0.1) is 5.82 Å². The number of aliphatic hydroxyl groups excluding tert-OH is 1. The van der Waals surface area contributed by atoms with E-state index in [4.69, 9.17) is 10.8 Å². The fraction of sp³-hybridized carbons (Fsp3) is 0.200. The van der Waals surface area contributed by atoms with Crippen molar-refractivity contribution >= 4 is 22.8 Å². The number of amides is 2. The first kappa shape index (κ1) is 20.9. The Morgan fingerprint density at radius 2 is 2.03 bits per heavy atom. The summed E-state index contributed by atoms with van der Waals surface area (Å²) in [7, 11) is 1.42. The summed E-state index contributed by atoms with van der Waals surface area (Å²) < 4.78 is 14.6. The Bertz CT molecular complexity index is 1220. The van der Waals surface area contributed by atoms with E-state index >= 15 is 0 Å². The van der Waals surface area contributed by atoms with Crippen molar-refractivity contribution in [3.63, 3.8) is 0 Å². The molecule has 0 radical (unpaired) electrons. The number of aromatic nitrogens is 2. The zero-order chi connectivity index (χ0) is 22.0. The van der Waals surface area contributed by atoms with Gasteiger partial charge in [0.25, 0.3) is 11.5 Å². The number of nitrogens with zero attached hydrogens (tertiary/aromatic N) is 2. The number of nitrogens with two attached hydrogens (primary N) is 1. The van der Waals surface area contributed by atoms with Gasteiger partial charge >= 0.3 is 0 Å². The van der Waals surface area contributed by atoms with Crippen LogP contribution in [-0.4, -0.2) is 44.7 Å². The van der Waals surface area contributed by atoms with Crippen LogP contribution in [0.3, 0.4) is 0 Å². The van der Waals surface area contributed by atoms with Gasteiger partial charge < -0.3 is 25.8 Å². The summed E-state index contributed by atoms with van der Waals surface area (Å²) in [4.78, 5) is 40.6. The number of rotatable bonds is 6. The van der Waals surface area contributed by atoms with Crippen molar-refractivity contribution in [1.82, 2.24) is 14.9 Å². The second kappa shape index (κ2) is 8.29. The topological polar surface area (TPSA) is 148 Å². The average Bonchev–Trinajstić information content (AvgIpc) is 2.71. The lowest BCUT2D eigenvalue weighted by molar-refractivity contribution is 0.0939. The normalized spacial score (nSPS) is 10.9. The molecule has 30 heavy (non-hydrogen) atoms. The van der Waals surface area contributed by atoms with Gasteiger partial charge in [-0.3, -0.25) is 19.4 Å². The zero-order valence-electron chi connectivity index (χ0n) is 16.0. The number of fused-ring (bicyclic) bond motifs is 1. The molecule has 0 aliphatic heterocycles. The smallest absolute Gasteiger partial charge is 0.267 e. The van der Waals surface area contributed by atoms with Crippen LogP contribution in [0.15, 0.2) is 35.3 Å². The third kappa shape index (κ3) is 3.85. The third-order valence-electron chi connectivity index (χ3n) is 4.62. The van der Waals surface area contributed by atoms with Crippen LogP contribution in [0.25, 0.3) is 11.0 Å². The van der Waals surface area contributed by atoms with E-state index in [1.807, 2.05) is 0 Å². The summed E-state index contributed by atoms with van der Waals surface area (Å²) in [6, 6.07) is 5.26. The van der Waals surface area contributed by atoms with Crippen LogP contribution in [-0.2, 0) is 13.5 Å². The molecule has 2 heterocycles. The fourth-order valence-electron chi connectivity index (χ4n) is 3.14. The second-order valence-corrected chi connectivity index (χ2v) is 6.62. The third-order valence-corrected chi connectivity index (χ3v) is 4.62. The Hall–Kier alpha value is -3.79. The molecule has 0 aliphatic carbocycles. The number of primary amides is 1. The molecule has 10 heteroatoms. The molecule has 2 amide bonds. The monoisotopic (exact) mass is 414 g/mol. The number of pyridine rings is 2. The van der Waals surface area contributed by atoms with Gasteiger partial charge in [-0.05, 0) is 35.7 Å². The zero-order valence-corrected chi connectivity index (χ0v) is 16.0. The lowest BCUT2D eigenvalue weighted by Gasteiger charge is -2.13. The van der Waals surface area contributed by atoms with Gasteiger partial charge in [0.2, 0.25) is 5.91 Å². The number of nitrogens with one attached hydrogen (secondary N) is 1. The maximum Gasteiger partial charge on any atom is 0.267 e. The molecule has 2 aromatic heterocycles. The van der Waals surface area contributed by atoms with E-state index < -0.39 is 34.5 Å². The lowest BCUT2D eigenvalue weighted by Crippen LogP contribution is -2.34. The SMILES string of the molecule is Cn1c(=O)c(C(=O)NCCO)c(O)c2ncc(Cc3ccc(F)cc3C(N)=O)cc21. The van der Waals surface area contributed by atoms with Crippen molar-refractivity contribution in [2.24, 2.45) is 12.8 Å². The number of aryl methyl sites for hydroxylation is 1. The Balaban J connectivity index is 2.08. The molecule has 0 saturated heterocycles. The number of aliphatic hydroxyl groups is 1. The van der Waals surface area contributed by atoms with Crippen LogP contribution in [0.1, 0.15) is 31.8 Å². The first-order valence-corrected chi connectivity index (χ1v) is 8.92. The minimum Gasteiger partial charge on any atom is -0.505 e. The van der Waals surface area contributed by atoms with Crippen LogP contribution >= 0.6 is 0 Å². The molecule has 0 fully saturated rings. The van der Waals surface area contributed by atoms with Gasteiger partial charge in [0.1, 0.15) is 16.9 Å². The van der Waals surface area contributed by atoms with E-state index in [9.17, 15) is 23.9 Å². The van der Waals surface area contributed by atoms with E-state index in [2.05, 4.69) is 10.3 Å². The molecule has 9 nitrogen and oxygen atoms in total. The number of halogens is 1. The van der Waals surface area contributed by atoms with E-state index in [1.54, 1.807) is 6.07 Å². The number of carbonyl (C=O) groups is 2. The summed E-state index contributed by atoms with van der Waals surface area (Å²) in [5, 5.41) is 21.6. The van der Waals surface area contributed by atoms with E-state index in [0.717, 1.165) is 6.07 Å². The summed E-state index contributed by atoms with van der Waals surface area (Å²) in [6.45, 7) is -0.398. The average molecular weight is 414 g/mol. The Kier molecular flexibility index (Phi) is 5.79. The molecular formula is C20H19FN4O5. The van der Waals surface area contributed by atoms with Crippen molar-refractivity contribution in [2.45, 2.75) is 6.42 Å². The first-order valence-electron chi connectivity index (χ1n) is 8.92. The van der Waals surface area contributed by atoms with E-state index in [0.29, 0.717) is 11.1 Å². The molecule has 1 aromatic carbocycles. The number of aromatic hydroxyl groups is 1. The number of hydrogen-bond acceptors (Lipinski definition) is 6. The van der Waals surface area contributed by atoms with Crippen molar-refractivity contribution in [3.05, 3.63) is 68.9 Å². The Labute approximate surface area is 169 Å². The van der Waals surface area contributed by atoms with Crippen molar-refractivity contribution in [3.8, 4) is 5.75 Å². The van der Waals surface area contributed by atoms with Gasteiger partial charge in [0, 0.05) is 25.4 Å². The lowest BCUT2D eigenvalue weighted by atomic mass is 9.99. The Morgan fingerprint density at radius 1 is 1.30 bits per heavy atom. The molecule has 5 N–H and O–H groups in total. The molecule has 0 bridgehead atoms. The minimum atomic E-state index is -0.827. The van der Waals surface area contributed by atoms with Crippen LogP contribution in [0.2, 0.25) is 0 Å². The maximum atomic E-state index is 13.4. The fourth-order valence-corrected chi connectivity index (χ4v) is 3.14. The molecule has 0 unspecified atom stereocenters. The minimum absolute atomic E-state index is 0.0303. The van der Waals surface area contributed by atoms with Gasteiger partial charge in [0.05, 0.1) is 12.1 Å². The Morgan fingerprint density at radius 3 is 2.70 bits per heavy atom. The highest BCUT2D eigenvalue weighted by Crippen LogP contribution is 2.26. The van der Waals surface area contributed by atoms with Crippen molar-refractivity contribution in [2.75, 3.05) is 13.2 Å². The standard InChI is InChI=1S/C20H19FN4O5/c1-25-14-7-10(6-11-2-3-12(21)8-13(11)18(22)28)9-24-16(14)17(27)15(20(25)30)19(29)23-4-5-26/h2-3,7-9,26-27H,4-6H2,1H3,(H2,22,28)(H,23,29). The predicted molar refractivity (Wildman–Crippen MR) is 106 cm³/mol. The molecule has 0 saturated carbocycles. The molecule has 0 atom stereocenters. The van der Waals surface area contributed by atoms with Gasteiger partial charge in [-0.15, -0.1) is 0 Å². The van der Waals surface area contributed by atoms with Gasteiger partial charge in [0.15, 0.2) is 5.75 Å². The van der Waals surface area contributed by atoms with E-state index in [-0.39, 0.29) is 36.2 Å². The highest BCUT2D eigenvalue weighted by atomic mass is 19.1. The largest absolute Gasteiger partial charge is 0.505 e. The molecule has 156 valence electrons. The quantitative estimate of drug-likeness (QED) is 0.453. The molecule has 3 aromatic rings. The van der Waals surface area contributed by atoms with Crippen LogP contribution < -0.4 is 16.6 Å². The summed E-state index contributed by atoms with van der Waals surface area (Å²) in [6.07, 6.45) is 1.59. The summed E-state index contributed by atoms with van der Waals surface area (Å²) >= 11 is 0. The first-order chi connectivity index (χ1) is 14.2. The molecule has 3 rings (SSSR count). The molecular weight excluding hydrogens is 395 g/mol. The van der Waals surface area contributed by atoms with Crippen LogP contribution in [0.5, 0.6) is 5.75 Å². The van der Waals surface area contributed by atoms with Gasteiger partial charge in [-0.25, -0.2) is 4.39 Å².